The highest BCUT2D eigenvalue weighted by molar-refractivity contribution is 5.84. The zero-order valence-electron chi connectivity index (χ0n) is 7.69. The minimum Gasteiger partial charge on any atom is -0.478 e. The van der Waals surface area contributed by atoms with E-state index in [1.54, 1.807) is 10.8 Å². The van der Waals surface area contributed by atoms with Crippen LogP contribution in [0.5, 0.6) is 0 Å². The number of aromatic nitrogens is 2. The van der Waals surface area contributed by atoms with Crippen molar-refractivity contribution in [2.75, 3.05) is 0 Å². The van der Waals surface area contributed by atoms with Crippen LogP contribution >= 0.6 is 0 Å². The molecule has 0 aliphatic rings. The summed E-state index contributed by atoms with van der Waals surface area (Å²) in [5.41, 5.74) is 1.72. The molecule has 0 amide bonds. The predicted molar refractivity (Wildman–Crippen MR) is 49.3 cm³/mol. The van der Waals surface area contributed by atoms with E-state index >= 15 is 0 Å². The van der Waals surface area contributed by atoms with Crippen LogP contribution in [0.25, 0.3) is 6.08 Å². The summed E-state index contributed by atoms with van der Waals surface area (Å²) in [5, 5.41) is 12.6. The van der Waals surface area contributed by atoms with Crippen LogP contribution in [0.2, 0.25) is 0 Å². The second-order valence-corrected chi connectivity index (χ2v) is 2.70. The Morgan fingerprint density at radius 2 is 2.46 bits per heavy atom. The van der Waals surface area contributed by atoms with Crippen molar-refractivity contribution in [2.24, 2.45) is 0 Å². The van der Waals surface area contributed by atoms with Crippen molar-refractivity contribution in [3.05, 3.63) is 23.5 Å². The highest BCUT2D eigenvalue weighted by atomic mass is 16.4. The number of hydrogen-bond donors (Lipinski definition) is 1. The summed E-state index contributed by atoms with van der Waals surface area (Å²) >= 11 is 0. The molecule has 0 aliphatic carbocycles. The molecule has 1 aromatic heterocycles. The Kier molecular flexibility index (Phi) is 2.84. The van der Waals surface area contributed by atoms with Crippen LogP contribution in [0.3, 0.4) is 0 Å². The van der Waals surface area contributed by atoms with Gasteiger partial charge in [0.25, 0.3) is 0 Å². The van der Waals surface area contributed by atoms with Gasteiger partial charge in [0.15, 0.2) is 0 Å². The van der Waals surface area contributed by atoms with Crippen molar-refractivity contribution >= 4 is 12.0 Å². The van der Waals surface area contributed by atoms with E-state index in [9.17, 15) is 4.79 Å². The average Bonchev–Trinajstić information content (AvgIpc) is 2.42. The molecule has 0 aromatic carbocycles. The zero-order chi connectivity index (χ0) is 9.84. The maximum Gasteiger partial charge on any atom is 0.328 e. The fourth-order valence-corrected chi connectivity index (χ4v) is 1.11. The van der Waals surface area contributed by atoms with Gasteiger partial charge in [0.05, 0.1) is 11.4 Å². The molecule has 0 atom stereocenters. The lowest BCUT2D eigenvalue weighted by atomic mass is 10.3. The van der Waals surface area contributed by atoms with E-state index in [4.69, 9.17) is 5.11 Å². The Morgan fingerprint density at radius 1 is 1.77 bits per heavy atom. The lowest BCUT2D eigenvalue weighted by Gasteiger charge is -1.97. The molecule has 1 heterocycles. The van der Waals surface area contributed by atoms with Crippen molar-refractivity contribution in [1.29, 1.82) is 0 Å². The van der Waals surface area contributed by atoms with Crippen LogP contribution in [0.4, 0.5) is 0 Å². The van der Waals surface area contributed by atoms with E-state index in [1.807, 2.05) is 19.9 Å². The smallest absolute Gasteiger partial charge is 0.328 e. The van der Waals surface area contributed by atoms with E-state index in [0.717, 1.165) is 24.0 Å². The van der Waals surface area contributed by atoms with Gasteiger partial charge in [0.1, 0.15) is 0 Å². The van der Waals surface area contributed by atoms with Gasteiger partial charge in [0, 0.05) is 12.6 Å². The van der Waals surface area contributed by atoms with Crippen LogP contribution in [0.15, 0.2) is 12.1 Å². The van der Waals surface area contributed by atoms with Crippen LogP contribution in [0, 0.1) is 6.92 Å². The summed E-state index contributed by atoms with van der Waals surface area (Å²) in [6.45, 7) is 4.59. The lowest BCUT2D eigenvalue weighted by molar-refractivity contribution is -0.131. The molecule has 1 rings (SSSR count). The predicted octanol–water partition coefficient (Wildman–Crippen LogP) is 1.31. The summed E-state index contributed by atoms with van der Waals surface area (Å²) in [6, 6.07) is 1.85. The fraction of sp³-hybridized carbons (Fsp3) is 0.333. The molecule has 0 bridgehead atoms. The van der Waals surface area contributed by atoms with Gasteiger partial charge in [-0.05, 0) is 26.0 Å². The maximum absolute atomic E-state index is 10.3. The normalized spacial score (nSPS) is 10.9. The van der Waals surface area contributed by atoms with Crippen LogP contribution in [-0.4, -0.2) is 20.9 Å². The van der Waals surface area contributed by atoms with Crippen molar-refractivity contribution in [3.63, 3.8) is 0 Å². The van der Waals surface area contributed by atoms with Crippen LogP contribution in [-0.2, 0) is 11.3 Å². The summed E-state index contributed by atoms with van der Waals surface area (Å²) < 4.78 is 1.76. The third-order valence-electron chi connectivity index (χ3n) is 1.63. The van der Waals surface area contributed by atoms with Crippen LogP contribution < -0.4 is 0 Å². The molecule has 1 aromatic rings. The average molecular weight is 180 g/mol. The monoisotopic (exact) mass is 180 g/mol. The first kappa shape index (κ1) is 9.51. The number of aryl methyl sites for hydroxylation is 2. The zero-order valence-corrected chi connectivity index (χ0v) is 7.69. The van der Waals surface area contributed by atoms with Crippen LogP contribution in [0.1, 0.15) is 18.3 Å². The summed E-state index contributed by atoms with van der Waals surface area (Å²) in [4.78, 5) is 10.3. The third kappa shape index (κ3) is 2.43. The largest absolute Gasteiger partial charge is 0.478 e. The number of hydrogen-bond acceptors (Lipinski definition) is 2. The van der Waals surface area contributed by atoms with Gasteiger partial charge in [0.2, 0.25) is 0 Å². The molecule has 0 unspecified atom stereocenters. The van der Waals surface area contributed by atoms with E-state index in [-0.39, 0.29) is 0 Å². The first-order valence-electron chi connectivity index (χ1n) is 4.09. The van der Waals surface area contributed by atoms with E-state index in [2.05, 4.69) is 5.10 Å². The fourth-order valence-electron chi connectivity index (χ4n) is 1.11. The highest BCUT2D eigenvalue weighted by Crippen LogP contribution is 2.05. The minimum absolute atomic E-state index is 0.743. The quantitative estimate of drug-likeness (QED) is 0.713. The molecule has 1 N–H and O–H groups in total. The van der Waals surface area contributed by atoms with Crippen molar-refractivity contribution < 1.29 is 9.90 Å². The molecule has 0 saturated heterocycles. The van der Waals surface area contributed by atoms with Gasteiger partial charge in [-0.2, -0.15) is 5.10 Å². The van der Waals surface area contributed by atoms with Gasteiger partial charge in [-0.25, -0.2) is 4.79 Å². The Morgan fingerprint density at radius 3 is 3.00 bits per heavy atom. The number of rotatable bonds is 3. The molecule has 0 spiro atoms. The van der Waals surface area contributed by atoms with Crippen molar-refractivity contribution in [1.82, 2.24) is 9.78 Å². The second-order valence-electron chi connectivity index (χ2n) is 2.70. The Labute approximate surface area is 76.5 Å². The standard InChI is InChI=1S/C9H12N2O2/c1-3-11-8(4-5-9(12)13)6-7(2)10-11/h4-6H,3H2,1-2H3,(H,12,13). The molecule has 70 valence electrons. The molecule has 0 fully saturated rings. The van der Waals surface area contributed by atoms with Gasteiger partial charge >= 0.3 is 5.97 Å². The summed E-state index contributed by atoms with van der Waals surface area (Å²) in [6.07, 6.45) is 2.66. The Hall–Kier alpha value is -1.58. The number of aliphatic carboxylic acids is 1. The summed E-state index contributed by atoms with van der Waals surface area (Å²) in [7, 11) is 0. The van der Waals surface area contributed by atoms with Gasteiger partial charge in [-0.15, -0.1) is 0 Å². The lowest BCUT2D eigenvalue weighted by Crippen LogP contribution is -1.99. The maximum atomic E-state index is 10.3. The first-order chi connectivity index (χ1) is 6.13. The second kappa shape index (κ2) is 3.89. The highest BCUT2D eigenvalue weighted by Gasteiger charge is 1.99. The molecule has 13 heavy (non-hydrogen) atoms. The van der Waals surface area contributed by atoms with Gasteiger partial charge in [-0.1, -0.05) is 0 Å². The Balaban J connectivity index is 2.92. The minimum atomic E-state index is -0.943. The third-order valence-corrected chi connectivity index (χ3v) is 1.63. The SMILES string of the molecule is CCn1nc(C)cc1C=CC(=O)O. The van der Waals surface area contributed by atoms with Gasteiger partial charge in [-0.3, -0.25) is 4.68 Å². The molecule has 0 radical (unpaired) electrons. The van der Waals surface area contributed by atoms with E-state index in [0.29, 0.717) is 0 Å². The molecule has 0 saturated carbocycles. The molecule has 4 heteroatoms. The molecular formula is C9H12N2O2. The van der Waals surface area contributed by atoms with Crippen molar-refractivity contribution in [3.8, 4) is 0 Å². The molecular weight excluding hydrogens is 168 g/mol. The van der Waals surface area contributed by atoms with E-state index < -0.39 is 5.97 Å². The van der Waals surface area contributed by atoms with Gasteiger partial charge < -0.3 is 5.11 Å². The first-order valence-corrected chi connectivity index (χ1v) is 4.09. The number of carbonyl (C=O) groups is 1. The number of carboxylic acid groups (broad SMARTS) is 1. The topological polar surface area (TPSA) is 55.1 Å². The molecule has 4 nitrogen and oxygen atoms in total. The number of carboxylic acids is 1. The number of nitrogens with zero attached hydrogens (tertiary/aromatic N) is 2. The van der Waals surface area contributed by atoms with E-state index in [1.165, 1.54) is 0 Å². The van der Waals surface area contributed by atoms with Crippen molar-refractivity contribution in [2.45, 2.75) is 20.4 Å². The Bertz CT molecular complexity index is 339. The molecule has 0 aliphatic heterocycles. The summed E-state index contributed by atoms with van der Waals surface area (Å²) in [5.74, 6) is -0.943.